The maximum absolute atomic E-state index is 12.8. The van der Waals surface area contributed by atoms with E-state index in [4.69, 9.17) is 0 Å². The molecule has 0 heterocycles. The van der Waals surface area contributed by atoms with Crippen LogP contribution in [0.1, 0.15) is 54.4 Å². The monoisotopic (exact) mass is 273 g/mol. The van der Waals surface area contributed by atoms with E-state index in [0.29, 0.717) is 28.4 Å². The van der Waals surface area contributed by atoms with Crippen LogP contribution >= 0.6 is 0 Å². The van der Waals surface area contributed by atoms with Crippen LogP contribution < -0.4 is 5.32 Å². The van der Waals surface area contributed by atoms with E-state index in [0.717, 1.165) is 12.5 Å². The zero-order valence-electron chi connectivity index (χ0n) is 12.9. The second-order valence-electron chi connectivity index (χ2n) is 6.46. The van der Waals surface area contributed by atoms with Crippen LogP contribution in [-0.2, 0) is 10.8 Å². The van der Waals surface area contributed by atoms with Crippen LogP contribution in [0, 0.1) is 17.8 Å². The van der Waals surface area contributed by atoms with Crippen LogP contribution in [0.4, 0.5) is 0 Å². The topological polar surface area (TPSA) is 29.1 Å². The largest absolute Gasteiger partial charge is 0.313 e. The first-order valence-electron chi connectivity index (χ1n) is 7.51. The summed E-state index contributed by atoms with van der Waals surface area (Å²) < 4.78 is 12.8. The Morgan fingerprint density at radius 3 is 2.33 bits per heavy atom. The molecule has 0 radical (unpaired) electrons. The molecule has 6 unspecified atom stereocenters. The van der Waals surface area contributed by atoms with Crippen LogP contribution in [0.15, 0.2) is 0 Å². The van der Waals surface area contributed by atoms with Crippen LogP contribution in [0.2, 0.25) is 0 Å². The van der Waals surface area contributed by atoms with Crippen LogP contribution in [-0.4, -0.2) is 27.3 Å². The van der Waals surface area contributed by atoms with Gasteiger partial charge in [0.25, 0.3) is 0 Å². The van der Waals surface area contributed by atoms with Gasteiger partial charge < -0.3 is 5.32 Å². The molecule has 1 fully saturated rings. The first-order chi connectivity index (χ1) is 8.38. The van der Waals surface area contributed by atoms with Gasteiger partial charge in [0.2, 0.25) is 0 Å². The summed E-state index contributed by atoms with van der Waals surface area (Å²) in [5, 5.41) is 4.21. The highest BCUT2D eigenvalue weighted by molar-refractivity contribution is 7.86. The van der Waals surface area contributed by atoms with E-state index in [-0.39, 0.29) is 0 Å². The molecule has 3 heteroatoms. The Bertz CT molecular complexity index is 280. The van der Waals surface area contributed by atoms with Crippen LogP contribution in [0.5, 0.6) is 0 Å². The van der Waals surface area contributed by atoms with Gasteiger partial charge in [0.05, 0.1) is 5.25 Å². The highest BCUT2D eigenvalue weighted by Crippen LogP contribution is 2.34. The van der Waals surface area contributed by atoms with Crippen molar-refractivity contribution in [2.24, 2.45) is 17.8 Å². The normalized spacial score (nSPS) is 36.6. The number of hydrogen-bond acceptors (Lipinski definition) is 2. The number of hydrogen-bond donors (Lipinski definition) is 1. The molecule has 0 aromatic heterocycles. The third kappa shape index (κ3) is 3.80. The molecule has 1 saturated carbocycles. The van der Waals surface area contributed by atoms with E-state index in [1.54, 1.807) is 0 Å². The van der Waals surface area contributed by atoms with Crippen molar-refractivity contribution in [1.82, 2.24) is 5.32 Å². The molecule has 0 spiro atoms. The Labute approximate surface area is 116 Å². The molecule has 0 amide bonds. The summed E-state index contributed by atoms with van der Waals surface area (Å²) in [5.41, 5.74) is 0. The molecule has 18 heavy (non-hydrogen) atoms. The van der Waals surface area contributed by atoms with Crippen LogP contribution in [0.25, 0.3) is 0 Å². The zero-order chi connectivity index (χ0) is 13.9. The first kappa shape index (κ1) is 16.2. The molecule has 1 aliphatic rings. The Morgan fingerprint density at radius 1 is 1.22 bits per heavy atom. The SMILES string of the molecule is CCNC1CC(C)CC(C)C1S(=O)C(C)C(C)C. The fourth-order valence-corrected chi connectivity index (χ4v) is 5.33. The predicted molar refractivity (Wildman–Crippen MR) is 81.3 cm³/mol. The Kier molecular flexibility index (Phi) is 6.32. The maximum atomic E-state index is 12.8. The fourth-order valence-electron chi connectivity index (χ4n) is 3.20. The molecule has 1 rings (SSSR count). The Balaban J connectivity index is 2.83. The third-order valence-corrected chi connectivity index (χ3v) is 7.03. The zero-order valence-corrected chi connectivity index (χ0v) is 13.7. The van der Waals surface area contributed by atoms with Gasteiger partial charge in [-0.1, -0.05) is 41.5 Å². The van der Waals surface area contributed by atoms with E-state index < -0.39 is 10.8 Å². The molecule has 1 aliphatic carbocycles. The number of nitrogens with one attached hydrogen (secondary N) is 1. The van der Waals surface area contributed by atoms with Crippen LogP contribution in [0.3, 0.4) is 0 Å². The second-order valence-corrected chi connectivity index (χ2v) is 8.41. The lowest BCUT2D eigenvalue weighted by Gasteiger charge is -2.41. The van der Waals surface area contributed by atoms with Crippen molar-refractivity contribution in [2.45, 2.75) is 70.9 Å². The average molecular weight is 273 g/mol. The lowest BCUT2D eigenvalue weighted by atomic mass is 9.80. The molecule has 0 bridgehead atoms. The van der Waals surface area contributed by atoms with Crippen molar-refractivity contribution >= 4 is 10.8 Å². The fraction of sp³-hybridized carbons (Fsp3) is 1.00. The van der Waals surface area contributed by atoms with Gasteiger partial charge in [0.15, 0.2) is 0 Å². The summed E-state index contributed by atoms with van der Waals surface area (Å²) in [6.45, 7) is 14.3. The smallest absolute Gasteiger partial charge is 0.0529 e. The molecule has 6 atom stereocenters. The van der Waals surface area contributed by atoms with Crippen molar-refractivity contribution in [2.75, 3.05) is 6.54 Å². The van der Waals surface area contributed by atoms with Gasteiger partial charge in [-0.2, -0.15) is 0 Å². The van der Waals surface area contributed by atoms with E-state index >= 15 is 0 Å². The van der Waals surface area contributed by atoms with E-state index in [2.05, 4.69) is 46.9 Å². The molecule has 108 valence electrons. The third-order valence-electron chi connectivity index (χ3n) is 4.43. The Hall–Kier alpha value is 0.110. The quantitative estimate of drug-likeness (QED) is 0.833. The average Bonchev–Trinajstić information content (AvgIpc) is 2.26. The minimum Gasteiger partial charge on any atom is -0.313 e. The van der Waals surface area contributed by atoms with Crippen molar-refractivity contribution < 1.29 is 4.21 Å². The van der Waals surface area contributed by atoms with Gasteiger partial charge in [0, 0.05) is 22.1 Å². The highest BCUT2D eigenvalue weighted by Gasteiger charge is 2.39. The summed E-state index contributed by atoms with van der Waals surface area (Å²) in [4.78, 5) is 0. The van der Waals surface area contributed by atoms with E-state index in [9.17, 15) is 4.21 Å². The van der Waals surface area contributed by atoms with Gasteiger partial charge >= 0.3 is 0 Å². The van der Waals surface area contributed by atoms with Gasteiger partial charge in [0.1, 0.15) is 0 Å². The maximum Gasteiger partial charge on any atom is 0.0529 e. The van der Waals surface area contributed by atoms with Crippen molar-refractivity contribution in [3.05, 3.63) is 0 Å². The van der Waals surface area contributed by atoms with Gasteiger partial charge in [-0.25, -0.2) is 0 Å². The summed E-state index contributed by atoms with van der Waals surface area (Å²) in [6.07, 6.45) is 2.41. The standard InChI is InChI=1S/C15H31NOS/c1-7-16-14-9-11(4)8-12(5)15(14)18(17)13(6)10(2)3/h10-16H,7-9H2,1-6H3. The summed E-state index contributed by atoms with van der Waals surface area (Å²) >= 11 is 0. The van der Waals surface area contributed by atoms with Crippen molar-refractivity contribution in [3.63, 3.8) is 0 Å². The first-order valence-corrected chi connectivity index (χ1v) is 8.78. The van der Waals surface area contributed by atoms with Gasteiger partial charge in [-0.3, -0.25) is 4.21 Å². The molecule has 0 aromatic carbocycles. The van der Waals surface area contributed by atoms with E-state index in [1.165, 1.54) is 12.8 Å². The Morgan fingerprint density at radius 2 is 1.83 bits per heavy atom. The highest BCUT2D eigenvalue weighted by atomic mass is 32.2. The molecule has 0 aromatic rings. The van der Waals surface area contributed by atoms with Gasteiger partial charge in [-0.15, -0.1) is 0 Å². The molecular weight excluding hydrogens is 242 g/mol. The minimum atomic E-state index is -0.720. The summed E-state index contributed by atoms with van der Waals surface area (Å²) in [6, 6.07) is 0.441. The lowest BCUT2D eigenvalue weighted by molar-refractivity contribution is 0.247. The van der Waals surface area contributed by atoms with E-state index in [1.807, 2.05) is 0 Å². The minimum absolute atomic E-state index is 0.298. The molecule has 1 N–H and O–H groups in total. The number of rotatable bonds is 5. The second kappa shape index (κ2) is 7.04. The summed E-state index contributed by atoms with van der Waals surface area (Å²) in [7, 11) is -0.720. The molecule has 2 nitrogen and oxygen atoms in total. The predicted octanol–water partition coefficient (Wildman–Crippen LogP) is 3.19. The van der Waals surface area contributed by atoms with Crippen molar-refractivity contribution in [3.8, 4) is 0 Å². The van der Waals surface area contributed by atoms with Crippen molar-refractivity contribution in [1.29, 1.82) is 0 Å². The molecule has 0 saturated heterocycles. The molecular formula is C15H31NOS. The summed E-state index contributed by atoms with van der Waals surface area (Å²) in [5.74, 6) is 1.83. The van der Waals surface area contributed by atoms with Gasteiger partial charge in [-0.05, 0) is 37.1 Å². The lowest BCUT2D eigenvalue weighted by Crippen LogP contribution is -2.52. The molecule has 0 aliphatic heterocycles.